The summed E-state index contributed by atoms with van der Waals surface area (Å²) >= 11 is 0. The maximum atomic E-state index is 6.53. The molecule has 3 heterocycles. The average molecular weight is 497 g/mol. The van der Waals surface area contributed by atoms with E-state index >= 15 is 0 Å². The van der Waals surface area contributed by atoms with Crippen molar-refractivity contribution in [3.05, 3.63) is 59.2 Å². The Hall–Kier alpha value is -2.16. The van der Waals surface area contributed by atoms with E-state index in [1.54, 1.807) is 7.11 Å². The molecule has 7 nitrogen and oxygen atoms in total. The van der Waals surface area contributed by atoms with Crippen LogP contribution in [-0.4, -0.2) is 71.9 Å². The van der Waals surface area contributed by atoms with Crippen molar-refractivity contribution in [2.45, 2.75) is 50.6 Å². The zero-order valence-electron chi connectivity index (χ0n) is 21.5. The van der Waals surface area contributed by atoms with Crippen LogP contribution in [0.3, 0.4) is 0 Å². The lowest BCUT2D eigenvalue weighted by Crippen LogP contribution is -2.41. The molecule has 3 aliphatic rings. The molecule has 7 heteroatoms. The van der Waals surface area contributed by atoms with Gasteiger partial charge in [-0.05, 0) is 54.6 Å². The Morgan fingerprint density at radius 2 is 1.86 bits per heavy atom. The molecule has 2 fully saturated rings. The Morgan fingerprint density at radius 3 is 2.69 bits per heavy atom. The highest BCUT2D eigenvalue weighted by atomic mass is 16.5. The van der Waals surface area contributed by atoms with Crippen molar-refractivity contribution in [1.29, 1.82) is 0 Å². The quantitative estimate of drug-likeness (QED) is 0.474. The van der Waals surface area contributed by atoms with Crippen molar-refractivity contribution in [3.63, 3.8) is 0 Å². The number of anilines is 1. The molecule has 2 saturated heterocycles. The number of rotatable bonds is 11. The number of nitrogens with zero attached hydrogens (tertiary/aromatic N) is 1. The first-order chi connectivity index (χ1) is 17.8. The predicted octanol–water partition coefficient (Wildman–Crippen LogP) is 3.89. The third-order valence-corrected chi connectivity index (χ3v) is 7.43. The van der Waals surface area contributed by atoms with Crippen molar-refractivity contribution in [3.8, 4) is 5.75 Å². The first-order valence-corrected chi connectivity index (χ1v) is 13.4. The monoisotopic (exact) mass is 496 g/mol. The van der Waals surface area contributed by atoms with E-state index in [0.29, 0.717) is 19.1 Å². The molecule has 3 atom stereocenters. The molecular weight excluding hydrogens is 456 g/mol. The molecule has 0 bridgehead atoms. The Balaban J connectivity index is 1.18. The number of piperidine rings is 1. The van der Waals surface area contributed by atoms with Gasteiger partial charge >= 0.3 is 0 Å². The van der Waals surface area contributed by atoms with E-state index in [4.69, 9.17) is 23.7 Å². The van der Waals surface area contributed by atoms with Crippen LogP contribution in [0.2, 0.25) is 0 Å². The summed E-state index contributed by atoms with van der Waals surface area (Å²) in [5.74, 6) is 1.35. The molecule has 0 aliphatic carbocycles. The summed E-state index contributed by atoms with van der Waals surface area (Å²) in [6.07, 6.45) is 3.45. The largest absolute Gasteiger partial charge is 0.490 e. The second-order valence-corrected chi connectivity index (χ2v) is 9.97. The lowest BCUT2D eigenvalue weighted by atomic mass is 9.87. The Bertz CT molecular complexity index is 947. The molecule has 1 unspecified atom stereocenters. The normalized spacial score (nSPS) is 23.9. The molecule has 2 aromatic carbocycles. The van der Waals surface area contributed by atoms with Gasteiger partial charge < -0.3 is 33.9 Å². The number of benzene rings is 2. The van der Waals surface area contributed by atoms with Crippen LogP contribution in [0, 0.1) is 0 Å². The van der Waals surface area contributed by atoms with Gasteiger partial charge in [0.15, 0.2) is 0 Å². The van der Waals surface area contributed by atoms with Crippen molar-refractivity contribution in [2.24, 2.45) is 0 Å². The van der Waals surface area contributed by atoms with Crippen LogP contribution in [-0.2, 0) is 32.2 Å². The van der Waals surface area contributed by atoms with Gasteiger partial charge in [0.25, 0.3) is 0 Å². The van der Waals surface area contributed by atoms with Crippen LogP contribution in [0.4, 0.5) is 5.69 Å². The molecule has 5 rings (SSSR count). The lowest BCUT2D eigenvalue weighted by molar-refractivity contribution is 0.0106. The number of hydrogen-bond donors (Lipinski definition) is 1. The van der Waals surface area contributed by atoms with Crippen LogP contribution in [0.1, 0.15) is 41.9 Å². The van der Waals surface area contributed by atoms with Gasteiger partial charge in [-0.2, -0.15) is 0 Å². The van der Waals surface area contributed by atoms with Crippen molar-refractivity contribution >= 4 is 5.69 Å². The molecule has 2 aromatic rings. The fourth-order valence-corrected chi connectivity index (χ4v) is 5.35. The molecule has 36 heavy (non-hydrogen) atoms. The maximum absolute atomic E-state index is 6.53. The zero-order valence-corrected chi connectivity index (χ0v) is 21.5. The van der Waals surface area contributed by atoms with E-state index in [9.17, 15) is 0 Å². The molecule has 0 aromatic heterocycles. The van der Waals surface area contributed by atoms with Gasteiger partial charge in [-0.1, -0.05) is 30.3 Å². The van der Waals surface area contributed by atoms with E-state index in [2.05, 4.69) is 52.7 Å². The average Bonchev–Trinajstić information content (AvgIpc) is 3.45. The SMILES string of the molecule is COCCCN1CCOc2ccc(CO[C@H]3CNCC[C@@H]3c3ccc(COC4CCOC4)cc3)cc21. The van der Waals surface area contributed by atoms with Crippen LogP contribution >= 0.6 is 0 Å². The molecule has 0 spiro atoms. The predicted molar refractivity (Wildman–Crippen MR) is 140 cm³/mol. The highest BCUT2D eigenvalue weighted by molar-refractivity contribution is 5.61. The van der Waals surface area contributed by atoms with E-state index < -0.39 is 0 Å². The first kappa shape index (κ1) is 25.5. The Morgan fingerprint density at radius 1 is 1.00 bits per heavy atom. The summed E-state index contributed by atoms with van der Waals surface area (Å²) in [6.45, 7) is 8.03. The second-order valence-electron chi connectivity index (χ2n) is 9.97. The molecule has 0 amide bonds. The summed E-state index contributed by atoms with van der Waals surface area (Å²) in [7, 11) is 1.76. The van der Waals surface area contributed by atoms with Crippen LogP contribution in [0.15, 0.2) is 42.5 Å². The number of methoxy groups -OCH3 is 1. The molecule has 3 aliphatic heterocycles. The lowest BCUT2D eigenvalue weighted by Gasteiger charge is -2.33. The summed E-state index contributed by atoms with van der Waals surface area (Å²) < 4.78 is 29.1. The summed E-state index contributed by atoms with van der Waals surface area (Å²) in [4.78, 5) is 2.40. The number of ether oxygens (including phenoxy) is 5. The van der Waals surface area contributed by atoms with Gasteiger partial charge in [0.1, 0.15) is 12.4 Å². The van der Waals surface area contributed by atoms with Gasteiger partial charge in [-0.15, -0.1) is 0 Å². The zero-order chi connectivity index (χ0) is 24.6. The minimum Gasteiger partial charge on any atom is -0.490 e. The number of hydrogen-bond acceptors (Lipinski definition) is 7. The fourth-order valence-electron chi connectivity index (χ4n) is 5.35. The van der Waals surface area contributed by atoms with Crippen molar-refractivity contribution < 1.29 is 23.7 Å². The van der Waals surface area contributed by atoms with Gasteiger partial charge in [-0.25, -0.2) is 0 Å². The Kier molecular flexibility index (Phi) is 9.12. The standard InChI is InChI=1S/C29H40N2O5/c1-32-14-2-12-31-13-16-34-28-8-5-23(17-27(28)31)20-36-29-18-30-11-9-26(29)24-6-3-22(4-7-24)19-35-25-10-15-33-21-25/h3-8,17,25-26,29-30H,2,9-16,18-21H2,1H3/t25?,26-,29+/m1/s1. The number of nitrogens with one attached hydrogen (secondary N) is 1. The molecule has 0 saturated carbocycles. The molecular formula is C29H40N2O5. The highest BCUT2D eigenvalue weighted by Gasteiger charge is 2.27. The maximum Gasteiger partial charge on any atom is 0.142 e. The van der Waals surface area contributed by atoms with Crippen LogP contribution in [0.25, 0.3) is 0 Å². The van der Waals surface area contributed by atoms with Crippen molar-refractivity contribution in [2.75, 3.05) is 64.6 Å². The highest BCUT2D eigenvalue weighted by Crippen LogP contribution is 2.34. The molecule has 0 radical (unpaired) electrons. The molecule has 196 valence electrons. The van der Waals surface area contributed by atoms with Crippen LogP contribution < -0.4 is 15.0 Å². The van der Waals surface area contributed by atoms with E-state index in [-0.39, 0.29) is 12.2 Å². The first-order valence-electron chi connectivity index (χ1n) is 13.4. The number of fused-ring (bicyclic) bond motifs is 1. The third-order valence-electron chi connectivity index (χ3n) is 7.43. The van der Waals surface area contributed by atoms with Gasteiger partial charge in [-0.3, -0.25) is 0 Å². The summed E-state index contributed by atoms with van der Waals surface area (Å²) in [5.41, 5.74) is 4.91. The van der Waals surface area contributed by atoms with E-state index in [0.717, 1.165) is 77.6 Å². The van der Waals surface area contributed by atoms with E-state index in [1.807, 2.05) is 0 Å². The minimum atomic E-state index is 0.140. The van der Waals surface area contributed by atoms with E-state index in [1.165, 1.54) is 22.4 Å². The third kappa shape index (κ3) is 6.58. The smallest absolute Gasteiger partial charge is 0.142 e. The molecule has 1 N–H and O–H groups in total. The Labute approximate surface area is 215 Å². The summed E-state index contributed by atoms with van der Waals surface area (Å²) in [5, 5.41) is 3.52. The van der Waals surface area contributed by atoms with Crippen molar-refractivity contribution in [1.82, 2.24) is 5.32 Å². The topological polar surface area (TPSA) is 61.4 Å². The van der Waals surface area contributed by atoms with Gasteiger partial charge in [0, 0.05) is 39.3 Å². The summed E-state index contributed by atoms with van der Waals surface area (Å²) in [6, 6.07) is 15.4. The van der Waals surface area contributed by atoms with Gasteiger partial charge in [0.2, 0.25) is 0 Å². The van der Waals surface area contributed by atoms with Gasteiger partial charge in [0.05, 0.1) is 44.3 Å². The van der Waals surface area contributed by atoms with Crippen LogP contribution in [0.5, 0.6) is 5.75 Å². The second kappa shape index (κ2) is 12.9. The minimum absolute atomic E-state index is 0.140. The fraction of sp³-hybridized carbons (Fsp3) is 0.586.